The van der Waals surface area contributed by atoms with Gasteiger partial charge in [0.05, 0.1) is 23.7 Å². The van der Waals surface area contributed by atoms with Crippen LogP contribution in [-0.4, -0.2) is 36.3 Å². The highest BCUT2D eigenvalue weighted by Gasteiger charge is 2.35. The van der Waals surface area contributed by atoms with E-state index in [1.807, 2.05) is 49.4 Å². The number of furan rings is 1. The first-order valence-electron chi connectivity index (χ1n) is 11.1. The van der Waals surface area contributed by atoms with Crippen LogP contribution in [0, 0.1) is 0 Å². The Hall–Kier alpha value is -3.87. The fourth-order valence-electron chi connectivity index (χ4n) is 4.32. The zero-order valence-electron chi connectivity index (χ0n) is 18.6. The van der Waals surface area contributed by atoms with Gasteiger partial charge in [0.2, 0.25) is 5.91 Å². The SMILES string of the molecule is CC(=O)N1c2ccc(-c3ccc(C(=O)NC4CC4)cc3)cc2N(C(=O)c2ccco2)CC1C. The Balaban J connectivity index is 1.51. The number of nitrogens with one attached hydrogen (secondary N) is 1. The first-order chi connectivity index (χ1) is 15.9. The van der Waals surface area contributed by atoms with Crippen LogP contribution in [0.2, 0.25) is 0 Å². The van der Waals surface area contributed by atoms with Crippen LogP contribution in [0.15, 0.2) is 65.3 Å². The molecule has 0 radical (unpaired) electrons. The normalized spacial score (nSPS) is 17.5. The lowest BCUT2D eigenvalue weighted by atomic mass is 9.99. The van der Waals surface area contributed by atoms with Crippen molar-refractivity contribution in [3.05, 3.63) is 72.2 Å². The lowest BCUT2D eigenvalue weighted by Gasteiger charge is -2.40. The van der Waals surface area contributed by atoms with E-state index >= 15 is 0 Å². The first kappa shape index (κ1) is 21.0. The van der Waals surface area contributed by atoms with E-state index in [0.717, 1.165) is 24.0 Å². The van der Waals surface area contributed by atoms with E-state index in [0.29, 0.717) is 29.5 Å². The van der Waals surface area contributed by atoms with Gasteiger partial charge in [-0.15, -0.1) is 0 Å². The number of fused-ring (bicyclic) bond motifs is 1. The topological polar surface area (TPSA) is 82.9 Å². The molecule has 33 heavy (non-hydrogen) atoms. The summed E-state index contributed by atoms with van der Waals surface area (Å²) in [6, 6.07) is 16.6. The molecular formula is C26H25N3O4. The number of carbonyl (C=O) groups is 3. The van der Waals surface area contributed by atoms with Gasteiger partial charge in [0.1, 0.15) is 0 Å². The monoisotopic (exact) mass is 443 g/mol. The second-order valence-corrected chi connectivity index (χ2v) is 8.66. The van der Waals surface area contributed by atoms with Crippen LogP contribution in [0.25, 0.3) is 11.1 Å². The molecule has 1 fully saturated rings. The van der Waals surface area contributed by atoms with E-state index < -0.39 is 0 Å². The lowest BCUT2D eigenvalue weighted by Crippen LogP contribution is -2.51. The minimum absolute atomic E-state index is 0.0594. The quantitative estimate of drug-likeness (QED) is 0.654. The van der Waals surface area contributed by atoms with Crippen molar-refractivity contribution < 1.29 is 18.8 Å². The van der Waals surface area contributed by atoms with Gasteiger partial charge in [0.25, 0.3) is 11.8 Å². The lowest BCUT2D eigenvalue weighted by molar-refractivity contribution is -0.117. The Bertz CT molecular complexity index is 1210. The van der Waals surface area contributed by atoms with Crippen LogP contribution in [0.3, 0.4) is 0 Å². The molecule has 1 N–H and O–H groups in total. The minimum atomic E-state index is -0.249. The van der Waals surface area contributed by atoms with Gasteiger partial charge in [0.15, 0.2) is 5.76 Å². The molecule has 2 aromatic carbocycles. The minimum Gasteiger partial charge on any atom is -0.459 e. The van der Waals surface area contributed by atoms with Crippen molar-refractivity contribution in [1.29, 1.82) is 0 Å². The maximum absolute atomic E-state index is 13.2. The van der Waals surface area contributed by atoms with E-state index in [1.54, 1.807) is 21.9 Å². The van der Waals surface area contributed by atoms with E-state index in [1.165, 1.54) is 13.2 Å². The molecule has 1 aliphatic heterocycles. The number of anilines is 2. The van der Waals surface area contributed by atoms with Crippen molar-refractivity contribution >= 4 is 29.1 Å². The van der Waals surface area contributed by atoms with Crippen LogP contribution in [0.1, 0.15) is 47.6 Å². The molecule has 1 atom stereocenters. The molecule has 0 spiro atoms. The van der Waals surface area contributed by atoms with E-state index in [2.05, 4.69) is 5.32 Å². The van der Waals surface area contributed by atoms with Crippen molar-refractivity contribution in [2.45, 2.75) is 38.8 Å². The molecule has 3 amide bonds. The largest absolute Gasteiger partial charge is 0.459 e. The van der Waals surface area contributed by atoms with Gasteiger partial charge in [0, 0.05) is 25.1 Å². The van der Waals surface area contributed by atoms with Gasteiger partial charge in [-0.3, -0.25) is 14.4 Å². The Morgan fingerprint density at radius 2 is 1.70 bits per heavy atom. The van der Waals surface area contributed by atoms with Crippen LogP contribution in [-0.2, 0) is 4.79 Å². The summed E-state index contributed by atoms with van der Waals surface area (Å²) in [6.45, 7) is 3.81. The second kappa shape index (κ2) is 8.24. The predicted molar refractivity (Wildman–Crippen MR) is 125 cm³/mol. The molecular weight excluding hydrogens is 418 g/mol. The second-order valence-electron chi connectivity index (χ2n) is 8.66. The Morgan fingerprint density at radius 1 is 0.970 bits per heavy atom. The van der Waals surface area contributed by atoms with Gasteiger partial charge in [-0.05, 0) is 67.3 Å². The van der Waals surface area contributed by atoms with E-state index in [4.69, 9.17) is 4.42 Å². The summed E-state index contributed by atoms with van der Waals surface area (Å²) in [4.78, 5) is 41.2. The van der Waals surface area contributed by atoms with Crippen LogP contribution in [0.5, 0.6) is 0 Å². The van der Waals surface area contributed by atoms with Crippen molar-refractivity contribution in [3.63, 3.8) is 0 Å². The highest BCUT2D eigenvalue weighted by atomic mass is 16.3. The highest BCUT2D eigenvalue weighted by Crippen LogP contribution is 2.39. The molecule has 5 rings (SSSR count). The van der Waals surface area contributed by atoms with Crippen molar-refractivity contribution in [1.82, 2.24) is 5.32 Å². The molecule has 0 saturated heterocycles. The molecule has 7 nitrogen and oxygen atoms in total. The van der Waals surface area contributed by atoms with Crippen molar-refractivity contribution in [3.8, 4) is 11.1 Å². The molecule has 1 saturated carbocycles. The molecule has 7 heteroatoms. The van der Waals surface area contributed by atoms with Gasteiger partial charge in [-0.2, -0.15) is 0 Å². The molecule has 2 aliphatic rings. The molecule has 1 aliphatic carbocycles. The molecule has 168 valence electrons. The summed E-state index contributed by atoms with van der Waals surface area (Å²) in [5.41, 5.74) is 3.76. The Morgan fingerprint density at radius 3 is 2.33 bits per heavy atom. The number of benzene rings is 2. The van der Waals surface area contributed by atoms with Crippen molar-refractivity contribution in [2.75, 3.05) is 16.3 Å². The molecule has 1 aromatic heterocycles. The molecule has 1 unspecified atom stereocenters. The number of hydrogen-bond donors (Lipinski definition) is 1. The predicted octanol–water partition coefficient (Wildman–Crippen LogP) is 4.24. The van der Waals surface area contributed by atoms with Crippen LogP contribution in [0.4, 0.5) is 11.4 Å². The van der Waals surface area contributed by atoms with Gasteiger partial charge < -0.3 is 19.5 Å². The van der Waals surface area contributed by atoms with Gasteiger partial charge in [-0.25, -0.2) is 0 Å². The van der Waals surface area contributed by atoms with Crippen molar-refractivity contribution in [2.24, 2.45) is 0 Å². The Kier molecular flexibility index (Phi) is 5.24. The average molecular weight is 444 g/mol. The third kappa shape index (κ3) is 4.02. The standard InChI is InChI=1S/C26H25N3O4/c1-16-15-28(26(32)24-4-3-13-33-24)23-14-20(9-12-22(23)29(16)17(2)30)18-5-7-19(8-6-18)25(31)27-21-10-11-21/h3-9,12-14,16,21H,10-11,15H2,1-2H3,(H,27,31). The highest BCUT2D eigenvalue weighted by molar-refractivity contribution is 6.10. The molecule has 2 heterocycles. The van der Waals surface area contributed by atoms with Gasteiger partial charge in [-0.1, -0.05) is 18.2 Å². The number of carbonyl (C=O) groups excluding carboxylic acids is 3. The number of amides is 3. The average Bonchev–Trinajstić information content (AvgIpc) is 3.45. The number of rotatable bonds is 4. The summed E-state index contributed by atoms with van der Waals surface area (Å²) in [7, 11) is 0. The molecule has 3 aromatic rings. The third-order valence-corrected chi connectivity index (χ3v) is 6.12. The molecule has 0 bridgehead atoms. The fraction of sp³-hybridized carbons (Fsp3) is 0.269. The smallest absolute Gasteiger partial charge is 0.294 e. The maximum Gasteiger partial charge on any atom is 0.294 e. The summed E-state index contributed by atoms with van der Waals surface area (Å²) >= 11 is 0. The zero-order valence-corrected chi connectivity index (χ0v) is 18.6. The first-order valence-corrected chi connectivity index (χ1v) is 11.1. The van der Waals surface area contributed by atoms with Crippen LogP contribution < -0.4 is 15.1 Å². The van der Waals surface area contributed by atoms with Gasteiger partial charge >= 0.3 is 0 Å². The Labute approximate surface area is 192 Å². The number of nitrogens with zero attached hydrogens (tertiary/aromatic N) is 2. The third-order valence-electron chi connectivity index (χ3n) is 6.12. The summed E-state index contributed by atoms with van der Waals surface area (Å²) in [5, 5.41) is 2.99. The summed E-state index contributed by atoms with van der Waals surface area (Å²) in [6.07, 6.45) is 3.56. The van der Waals surface area contributed by atoms with E-state index in [-0.39, 0.29) is 29.5 Å². The summed E-state index contributed by atoms with van der Waals surface area (Å²) in [5.74, 6) is -0.134. The zero-order chi connectivity index (χ0) is 23.1. The number of hydrogen-bond acceptors (Lipinski definition) is 4. The van der Waals surface area contributed by atoms with Crippen LogP contribution >= 0.6 is 0 Å². The maximum atomic E-state index is 13.2. The fourth-order valence-corrected chi connectivity index (χ4v) is 4.32. The van der Waals surface area contributed by atoms with E-state index in [9.17, 15) is 14.4 Å². The summed E-state index contributed by atoms with van der Waals surface area (Å²) < 4.78 is 5.35.